The lowest BCUT2D eigenvalue weighted by atomic mass is 10.1. The smallest absolute Gasteiger partial charge is 0.267 e. The van der Waals surface area contributed by atoms with Crippen molar-refractivity contribution < 1.29 is 18.8 Å². The van der Waals surface area contributed by atoms with Gasteiger partial charge in [-0.15, -0.1) is 0 Å². The van der Waals surface area contributed by atoms with Crippen molar-refractivity contribution in [2.24, 2.45) is 5.16 Å². The van der Waals surface area contributed by atoms with Crippen LogP contribution >= 0.6 is 0 Å². The first-order chi connectivity index (χ1) is 14.1. The van der Waals surface area contributed by atoms with Gasteiger partial charge in [0.05, 0.1) is 19.4 Å². The summed E-state index contributed by atoms with van der Waals surface area (Å²) in [5, 5.41) is 7.94. The van der Waals surface area contributed by atoms with Gasteiger partial charge in [0.1, 0.15) is 0 Å². The van der Waals surface area contributed by atoms with Gasteiger partial charge >= 0.3 is 0 Å². The molecule has 0 atom stereocenters. The number of aromatic nitrogens is 2. The number of ether oxygens (including phenoxy) is 2. The van der Waals surface area contributed by atoms with Gasteiger partial charge < -0.3 is 18.8 Å². The number of benzene rings is 2. The van der Waals surface area contributed by atoms with E-state index in [1.54, 1.807) is 13.3 Å². The summed E-state index contributed by atoms with van der Waals surface area (Å²) in [5.74, 6) is 2.21. The lowest BCUT2D eigenvalue weighted by molar-refractivity contribution is 0.107. The molecule has 0 spiro atoms. The van der Waals surface area contributed by atoms with Gasteiger partial charge in [-0.05, 0) is 44.0 Å². The summed E-state index contributed by atoms with van der Waals surface area (Å²) in [7, 11) is 1.60. The van der Waals surface area contributed by atoms with E-state index in [0.717, 1.165) is 17.5 Å². The Bertz CT molecular complexity index is 949. The SMILES string of the molecule is CCc1ccc(-c2noc(CO/N=C\c3ccc(OC(C)C)c(OC)c3)n2)cc1. The Morgan fingerprint density at radius 1 is 1.10 bits per heavy atom. The third kappa shape index (κ3) is 5.57. The van der Waals surface area contributed by atoms with Crippen LogP contribution in [0, 0.1) is 0 Å². The molecule has 3 aromatic rings. The van der Waals surface area contributed by atoms with E-state index in [1.807, 2.05) is 44.2 Å². The molecule has 0 saturated heterocycles. The Kier molecular flexibility index (Phi) is 6.84. The molecular formula is C22H25N3O4. The van der Waals surface area contributed by atoms with Crippen molar-refractivity contribution in [3.63, 3.8) is 0 Å². The van der Waals surface area contributed by atoms with E-state index in [0.29, 0.717) is 23.2 Å². The molecule has 0 unspecified atom stereocenters. The molecule has 0 N–H and O–H groups in total. The molecule has 0 radical (unpaired) electrons. The van der Waals surface area contributed by atoms with Crippen molar-refractivity contribution in [3.05, 3.63) is 59.5 Å². The molecule has 0 bridgehead atoms. The molecule has 0 saturated carbocycles. The minimum absolute atomic E-state index is 0.0654. The Balaban J connectivity index is 1.57. The highest BCUT2D eigenvalue weighted by Gasteiger charge is 2.09. The second kappa shape index (κ2) is 9.73. The molecule has 0 fully saturated rings. The summed E-state index contributed by atoms with van der Waals surface area (Å²) in [6.45, 7) is 6.13. The molecule has 0 amide bonds. The topological polar surface area (TPSA) is 79.0 Å². The highest BCUT2D eigenvalue weighted by Crippen LogP contribution is 2.28. The summed E-state index contributed by atoms with van der Waals surface area (Å²) >= 11 is 0. The van der Waals surface area contributed by atoms with Crippen LogP contribution < -0.4 is 9.47 Å². The number of methoxy groups -OCH3 is 1. The Hall–Kier alpha value is -3.35. The number of rotatable bonds is 9. The summed E-state index contributed by atoms with van der Waals surface area (Å²) in [6, 6.07) is 13.6. The fourth-order valence-electron chi connectivity index (χ4n) is 2.63. The molecule has 152 valence electrons. The fourth-order valence-corrected chi connectivity index (χ4v) is 2.63. The second-order valence-electron chi connectivity index (χ2n) is 6.65. The molecule has 2 aromatic carbocycles. The van der Waals surface area contributed by atoms with Gasteiger partial charge in [-0.2, -0.15) is 4.98 Å². The first kappa shape index (κ1) is 20.4. The number of hydrogen-bond acceptors (Lipinski definition) is 7. The maximum Gasteiger partial charge on any atom is 0.267 e. The summed E-state index contributed by atoms with van der Waals surface area (Å²) < 4.78 is 16.3. The van der Waals surface area contributed by atoms with Crippen LogP contribution in [-0.4, -0.2) is 29.6 Å². The average molecular weight is 395 g/mol. The largest absolute Gasteiger partial charge is 0.493 e. The zero-order valence-corrected chi connectivity index (χ0v) is 17.1. The molecular weight excluding hydrogens is 370 g/mol. The summed E-state index contributed by atoms with van der Waals surface area (Å²) in [4.78, 5) is 9.61. The summed E-state index contributed by atoms with van der Waals surface area (Å²) in [6.07, 6.45) is 2.64. The number of nitrogens with zero attached hydrogens (tertiary/aromatic N) is 3. The first-order valence-electron chi connectivity index (χ1n) is 9.51. The normalized spacial score (nSPS) is 11.2. The quantitative estimate of drug-likeness (QED) is 0.388. The molecule has 0 aliphatic heterocycles. The molecule has 0 aliphatic carbocycles. The van der Waals surface area contributed by atoms with E-state index in [1.165, 1.54) is 5.56 Å². The van der Waals surface area contributed by atoms with Gasteiger partial charge in [0.2, 0.25) is 5.82 Å². The van der Waals surface area contributed by atoms with Crippen LogP contribution in [0.25, 0.3) is 11.4 Å². The average Bonchev–Trinajstić information content (AvgIpc) is 3.20. The van der Waals surface area contributed by atoms with Crippen LogP contribution in [0.3, 0.4) is 0 Å². The van der Waals surface area contributed by atoms with Crippen molar-refractivity contribution in [2.75, 3.05) is 7.11 Å². The van der Waals surface area contributed by atoms with Gasteiger partial charge in [0.15, 0.2) is 18.1 Å². The zero-order valence-electron chi connectivity index (χ0n) is 17.1. The van der Waals surface area contributed by atoms with Gasteiger partial charge in [-0.1, -0.05) is 41.5 Å². The molecule has 7 nitrogen and oxygen atoms in total. The predicted molar refractivity (Wildman–Crippen MR) is 110 cm³/mol. The minimum Gasteiger partial charge on any atom is -0.493 e. The van der Waals surface area contributed by atoms with Gasteiger partial charge in [0.25, 0.3) is 5.89 Å². The molecule has 0 aliphatic rings. The van der Waals surface area contributed by atoms with Crippen LogP contribution in [0.4, 0.5) is 0 Å². The predicted octanol–water partition coefficient (Wildman–Crippen LogP) is 4.65. The van der Waals surface area contributed by atoms with Crippen LogP contribution in [0.5, 0.6) is 11.5 Å². The van der Waals surface area contributed by atoms with Crippen LogP contribution in [0.1, 0.15) is 37.8 Å². The van der Waals surface area contributed by atoms with Crippen molar-refractivity contribution >= 4 is 6.21 Å². The lowest BCUT2D eigenvalue weighted by Gasteiger charge is -2.13. The van der Waals surface area contributed by atoms with Gasteiger partial charge in [-0.3, -0.25) is 0 Å². The maximum atomic E-state index is 5.70. The standard InChI is InChI=1S/C22H25N3O4/c1-5-16-6-9-18(10-7-16)22-24-21(29-25-22)14-27-23-13-17-8-11-19(28-15(2)3)20(12-17)26-4/h6-13,15H,5,14H2,1-4H3/b23-13-. The lowest BCUT2D eigenvalue weighted by Crippen LogP contribution is -2.06. The van der Waals surface area contributed by atoms with Crippen molar-refractivity contribution in [1.29, 1.82) is 0 Å². The van der Waals surface area contributed by atoms with E-state index >= 15 is 0 Å². The molecule has 7 heteroatoms. The van der Waals surface area contributed by atoms with E-state index in [-0.39, 0.29) is 12.7 Å². The number of aryl methyl sites for hydroxylation is 1. The highest BCUT2D eigenvalue weighted by molar-refractivity contribution is 5.80. The third-order valence-electron chi connectivity index (χ3n) is 4.10. The molecule has 29 heavy (non-hydrogen) atoms. The minimum atomic E-state index is 0.0654. The van der Waals surface area contributed by atoms with E-state index in [2.05, 4.69) is 34.4 Å². The van der Waals surface area contributed by atoms with E-state index in [4.69, 9.17) is 18.8 Å². The molecule has 1 aromatic heterocycles. The van der Waals surface area contributed by atoms with Crippen LogP contribution in [0.2, 0.25) is 0 Å². The van der Waals surface area contributed by atoms with Crippen LogP contribution in [-0.2, 0) is 17.9 Å². The highest BCUT2D eigenvalue weighted by atomic mass is 16.6. The van der Waals surface area contributed by atoms with Gasteiger partial charge in [-0.25, -0.2) is 0 Å². The summed E-state index contributed by atoms with van der Waals surface area (Å²) in [5.41, 5.74) is 2.98. The number of oxime groups is 1. The maximum absolute atomic E-state index is 5.70. The Labute approximate surface area is 170 Å². The Morgan fingerprint density at radius 3 is 2.59 bits per heavy atom. The van der Waals surface area contributed by atoms with Crippen molar-refractivity contribution in [2.45, 2.75) is 39.9 Å². The second-order valence-corrected chi connectivity index (χ2v) is 6.65. The fraction of sp³-hybridized carbons (Fsp3) is 0.318. The van der Waals surface area contributed by atoms with Crippen molar-refractivity contribution in [1.82, 2.24) is 10.1 Å². The van der Waals surface area contributed by atoms with Gasteiger partial charge in [0, 0.05) is 11.1 Å². The Morgan fingerprint density at radius 2 is 1.90 bits per heavy atom. The zero-order chi connectivity index (χ0) is 20.6. The van der Waals surface area contributed by atoms with E-state index in [9.17, 15) is 0 Å². The third-order valence-corrected chi connectivity index (χ3v) is 4.10. The molecule has 3 rings (SSSR count). The van der Waals surface area contributed by atoms with Crippen molar-refractivity contribution in [3.8, 4) is 22.9 Å². The monoisotopic (exact) mass is 395 g/mol. The van der Waals surface area contributed by atoms with Crippen LogP contribution in [0.15, 0.2) is 52.1 Å². The molecule has 1 heterocycles. The first-order valence-corrected chi connectivity index (χ1v) is 9.51. The number of hydrogen-bond donors (Lipinski definition) is 0. The van der Waals surface area contributed by atoms with E-state index < -0.39 is 0 Å².